The van der Waals surface area contributed by atoms with Gasteiger partial charge in [0.05, 0.1) is 11.3 Å². The van der Waals surface area contributed by atoms with E-state index in [1.807, 2.05) is 103 Å². The highest BCUT2D eigenvalue weighted by Gasteiger charge is 2.39. The Hall–Kier alpha value is -5.07. The van der Waals surface area contributed by atoms with Gasteiger partial charge in [0, 0.05) is 22.9 Å². The van der Waals surface area contributed by atoms with Crippen molar-refractivity contribution in [2.45, 2.75) is 19.6 Å². The first kappa shape index (κ1) is 28.1. The molecule has 1 aliphatic heterocycles. The molecule has 5 aromatic rings. The lowest BCUT2D eigenvalue weighted by molar-refractivity contribution is -0.118. The number of hydrogen-bond donors (Lipinski definition) is 1. The summed E-state index contributed by atoms with van der Waals surface area (Å²) in [4.78, 5) is 30.7. The second kappa shape index (κ2) is 12.4. The highest BCUT2D eigenvalue weighted by molar-refractivity contribution is 6.30. The van der Waals surface area contributed by atoms with Crippen molar-refractivity contribution in [2.75, 3.05) is 21.7 Å². The van der Waals surface area contributed by atoms with Crippen LogP contribution in [-0.2, 0) is 11.3 Å². The Morgan fingerprint density at radius 3 is 2.30 bits per heavy atom. The average Bonchev–Trinajstić information content (AvgIpc) is 3.03. The van der Waals surface area contributed by atoms with Gasteiger partial charge in [0.1, 0.15) is 11.9 Å². The maximum Gasteiger partial charge on any atom is 0.262 e. The highest BCUT2D eigenvalue weighted by Crippen LogP contribution is 2.42. The lowest BCUT2D eigenvalue weighted by Gasteiger charge is -2.46. The number of nitrogens with zero attached hydrogens (tertiary/aromatic N) is 2. The van der Waals surface area contributed by atoms with Crippen molar-refractivity contribution in [3.63, 3.8) is 0 Å². The number of para-hydroxylation sites is 1. The van der Waals surface area contributed by atoms with Crippen LogP contribution in [0.1, 0.15) is 33.2 Å². The van der Waals surface area contributed by atoms with Gasteiger partial charge in [0.25, 0.3) is 11.8 Å². The van der Waals surface area contributed by atoms with Crippen LogP contribution in [0.5, 0.6) is 5.75 Å². The molecule has 43 heavy (non-hydrogen) atoms. The zero-order chi connectivity index (χ0) is 29.8. The topological polar surface area (TPSA) is 61.9 Å². The molecule has 6 rings (SSSR count). The van der Waals surface area contributed by atoms with Crippen LogP contribution < -0.4 is 19.9 Å². The van der Waals surface area contributed by atoms with E-state index in [4.69, 9.17) is 16.3 Å². The van der Waals surface area contributed by atoms with Crippen LogP contribution in [-0.4, -0.2) is 18.4 Å². The van der Waals surface area contributed by atoms with Gasteiger partial charge in [-0.15, -0.1) is 0 Å². The molecule has 5 aromatic carbocycles. The molecule has 0 unspecified atom stereocenters. The summed E-state index contributed by atoms with van der Waals surface area (Å²) in [5, 5.41) is 3.33. The second-order valence-electron chi connectivity index (χ2n) is 10.4. The maximum absolute atomic E-state index is 14.1. The molecule has 1 N–H and O–H groups in total. The van der Waals surface area contributed by atoms with Gasteiger partial charge in [0.15, 0.2) is 6.61 Å². The summed E-state index contributed by atoms with van der Waals surface area (Å²) in [5.74, 6) is 0.191. The first-order valence-corrected chi connectivity index (χ1v) is 14.4. The van der Waals surface area contributed by atoms with Gasteiger partial charge in [-0.3, -0.25) is 14.5 Å². The monoisotopic (exact) mass is 587 g/mol. The lowest BCUT2D eigenvalue weighted by Crippen LogP contribution is -2.49. The van der Waals surface area contributed by atoms with Crippen molar-refractivity contribution in [3.8, 4) is 5.75 Å². The Labute approximate surface area is 256 Å². The molecule has 0 aliphatic carbocycles. The minimum absolute atomic E-state index is 0.0632. The number of anilines is 3. The third kappa shape index (κ3) is 6.25. The number of ether oxygens (including phenoxy) is 1. The zero-order valence-corrected chi connectivity index (χ0v) is 24.4. The summed E-state index contributed by atoms with van der Waals surface area (Å²) in [6, 6.07) is 40.6. The average molecular weight is 588 g/mol. The maximum atomic E-state index is 14.1. The van der Waals surface area contributed by atoms with Crippen LogP contribution >= 0.6 is 11.6 Å². The molecule has 2 amide bonds. The van der Waals surface area contributed by atoms with E-state index in [2.05, 4.69) is 22.3 Å². The molecule has 1 atom stereocenters. The van der Waals surface area contributed by atoms with E-state index >= 15 is 0 Å². The summed E-state index contributed by atoms with van der Waals surface area (Å²) in [7, 11) is 0. The van der Waals surface area contributed by atoms with Crippen molar-refractivity contribution >= 4 is 40.5 Å². The fraction of sp³-hybridized carbons (Fsp3) is 0.111. The Morgan fingerprint density at radius 1 is 0.837 bits per heavy atom. The molecule has 0 radical (unpaired) electrons. The van der Waals surface area contributed by atoms with E-state index in [9.17, 15) is 9.59 Å². The number of rotatable bonds is 8. The first-order valence-electron chi connectivity index (χ1n) is 14.0. The second-order valence-corrected chi connectivity index (χ2v) is 10.9. The van der Waals surface area contributed by atoms with Gasteiger partial charge in [-0.2, -0.15) is 0 Å². The van der Waals surface area contributed by atoms with Crippen LogP contribution in [0.3, 0.4) is 0 Å². The first-order chi connectivity index (χ1) is 21.0. The Kier molecular flexibility index (Phi) is 8.11. The van der Waals surface area contributed by atoms with Crippen LogP contribution in [0.15, 0.2) is 127 Å². The quantitative estimate of drug-likeness (QED) is 0.200. The third-order valence-electron chi connectivity index (χ3n) is 7.37. The van der Waals surface area contributed by atoms with E-state index in [1.165, 1.54) is 0 Å². The van der Waals surface area contributed by atoms with Gasteiger partial charge >= 0.3 is 0 Å². The molecule has 0 saturated heterocycles. The minimum Gasteiger partial charge on any atom is -0.484 e. The van der Waals surface area contributed by atoms with Gasteiger partial charge < -0.3 is 15.0 Å². The molecule has 0 spiro atoms. The van der Waals surface area contributed by atoms with Crippen molar-refractivity contribution in [2.24, 2.45) is 0 Å². The number of fused-ring (bicyclic) bond motifs is 1. The smallest absolute Gasteiger partial charge is 0.262 e. The lowest BCUT2D eigenvalue weighted by atomic mass is 9.99. The standard InChI is InChI=1S/C36H30ClN3O3/c1-25-14-18-30(19-15-25)40-35(39(23-26-8-3-2-4-9-26)33-13-6-5-12-32(33)36(40)42)27-16-20-31(21-17-27)43-24-34(41)38-29-11-7-10-28(37)22-29/h2-22,35H,23-24H2,1H3,(H,38,41)/t35-/m1/s1. The number of halogens is 1. The Bertz CT molecular complexity index is 1740. The zero-order valence-electron chi connectivity index (χ0n) is 23.6. The molecular weight excluding hydrogens is 558 g/mol. The highest BCUT2D eigenvalue weighted by atomic mass is 35.5. The largest absolute Gasteiger partial charge is 0.484 e. The number of hydrogen-bond acceptors (Lipinski definition) is 4. The number of aryl methyl sites for hydroxylation is 1. The minimum atomic E-state index is -0.425. The molecule has 0 bridgehead atoms. The molecule has 0 saturated carbocycles. The number of carbonyl (C=O) groups excluding carboxylic acids is 2. The van der Waals surface area contributed by atoms with Crippen molar-refractivity contribution in [1.29, 1.82) is 0 Å². The van der Waals surface area contributed by atoms with Crippen LogP contribution in [0.4, 0.5) is 17.1 Å². The fourth-order valence-corrected chi connectivity index (χ4v) is 5.50. The molecule has 0 fully saturated rings. The molecule has 7 heteroatoms. The van der Waals surface area contributed by atoms with E-state index in [-0.39, 0.29) is 18.4 Å². The number of amides is 2. The summed E-state index contributed by atoms with van der Waals surface area (Å²) < 4.78 is 5.80. The van der Waals surface area contributed by atoms with Gasteiger partial charge in [0.2, 0.25) is 0 Å². The van der Waals surface area contributed by atoms with Crippen LogP contribution in [0.25, 0.3) is 0 Å². The SMILES string of the molecule is Cc1ccc(N2C(=O)c3ccccc3N(Cc3ccccc3)[C@H]2c2ccc(OCC(=O)Nc3cccc(Cl)c3)cc2)cc1. The Morgan fingerprint density at radius 2 is 1.56 bits per heavy atom. The van der Waals surface area contributed by atoms with Crippen molar-refractivity contribution in [1.82, 2.24) is 0 Å². The summed E-state index contributed by atoms with van der Waals surface area (Å²) in [6.45, 7) is 2.47. The molecule has 0 aromatic heterocycles. The van der Waals surface area contributed by atoms with Crippen molar-refractivity contribution in [3.05, 3.63) is 155 Å². The van der Waals surface area contributed by atoms with E-state index in [1.54, 1.807) is 24.3 Å². The number of carbonyl (C=O) groups is 2. The normalized spacial score (nSPS) is 14.3. The van der Waals surface area contributed by atoms with E-state index < -0.39 is 6.17 Å². The van der Waals surface area contributed by atoms with E-state index in [0.717, 1.165) is 28.1 Å². The molecule has 214 valence electrons. The third-order valence-corrected chi connectivity index (χ3v) is 7.60. The Balaban J connectivity index is 1.32. The summed E-state index contributed by atoms with van der Waals surface area (Å²) in [6.07, 6.45) is -0.425. The van der Waals surface area contributed by atoms with Crippen molar-refractivity contribution < 1.29 is 14.3 Å². The molecule has 1 aliphatic rings. The van der Waals surface area contributed by atoms with Gasteiger partial charge in [-0.25, -0.2) is 0 Å². The number of benzene rings is 5. The number of nitrogens with one attached hydrogen (secondary N) is 1. The predicted octanol–water partition coefficient (Wildman–Crippen LogP) is 8.03. The molecular formula is C36H30ClN3O3. The molecule has 1 heterocycles. The van der Waals surface area contributed by atoms with Crippen LogP contribution in [0.2, 0.25) is 5.02 Å². The molecule has 6 nitrogen and oxygen atoms in total. The summed E-state index contributed by atoms with van der Waals surface area (Å²) >= 11 is 6.02. The summed E-state index contributed by atoms with van der Waals surface area (Å²) in [5.41, 5.74) is 6.11. The van der Waals surface area contributed by atoms with Gasteiger partial charge in [-0.1, -0.05) is 90.0 Å². The van der Waals surface area contributed by atoms with Crippen LogP contribution in [0, 0.1) is 6.92 Å². The van der Waals surface area contributed by atoms with Gasteiger partial charge in [-0.05, 0) is 72.6 Å². The predicted molar refractivity (Wildman–Crippen MR) is 172 cm³/mol. The fourth-order valence-electron chi connectivity index (χ4n) is 5.31. The van der Waals surface area contributed by atoms with E-state index in [0.29, 0.717) is 28.6 Å².